The highest BCUT2D eigenvalue weighted by molar-refractivity contribution is 5.75. The van der Waals surface area contributed by atoms with Gasteiger partial charge in [0.1, 0.15) is 11.5 Å². The molecule has 0 spiro atoms. The van der Waals surface area contributed by atoms with E-state index in [0.717, 1.165) is 11.3 Å². The van der Waals surface area contributed by atoms with E-state index in [0.29, 0.717) is 31.2 Å². The Hall–Kier alpha value is -2.60. The molecular formula is C19H24N2O4. The van der Waals surface area contributed by atoms with E-state index < -0.39 is 0 Å². The van der Waals surface area contributed by atoms with Crippen LogP contribution in [0.4, 0.5) is 0 Å². The van der Waals surface area contributed by atoms with Crippen LogP contribution in [0.1, 0.15) is 25.8 Å². The van der Waals surface area contributed by atoms with E-state index in [-0.39, 0.29) is 12.0 Å². The molecule has 0 bridgehead atoms. The number of nitrogens with zero attached hydrogens (tertiary/aromatic N) is 1. The summed E-state index contributed by atoms with van der Waals surface area (Å²) in [6, 6.07) is 10.9. The number of carbonyl (C=O) groups is 1. The molecule has 0 saturated carbocycles. The Morgan fingerprint density at radius 2 is 1.88 bits per heavy atom. The summed E-state index contributed by atoms with van der Waals surface area (Å²) in [5.74, 6) is 1.86. The van der Waals surface area contributed by atoms with Crippen LogP contribution in [0, 0.1) is 0 Å². The minimum atomic E-state index is -0.0462. The molecule has 0 aliphatic carbocycles. The van der Waals surface area contributed by atoms with E-state index >= 15 is 0 Å². The first-order valence-electron chi connectivity index (χ1n) is 8.22. The molecule has 0 aliphatic rings. The lowest BCUT2D eigenvalue weighted by Gasteiger charge is -2.09. The van der Waals surface area contributed by atoms with Gasteiger partial charge in [-0.15, -0.1) is 0 Å². The van der Waals surface area contributed by atoms with Crippen LogP contribution in [0.2, 0.25) is 0 Å². The monoisotopic (exact) mass is 344 g/mol. The summed E-state index contributed by atoms with van der Waals surface area (Å²) in [5.41, 5.74) is 0.914. The van der Waals surface area contributed by atoms with Crippen molar-refractivity contribution in [2.45, 2.75) is 32.9 Å². The summed E-state index contributed by atoms with van der Waals surface area (Å²) in [6.45, 7) is 4.73. The van der Waals surface area contributed by atoms with Crippen molar-refractivity contribution in [2.24, 2.45) is 0 Å². The van der Waals surface area contributed by atoms with Gasteiger partial charge in [-0.1, -0.05) is 0 Å². The summed E-state index contributed by atoms with van der Waals surface area (Å²) < 4.78 is 16.2. The highest BCUT2D eigenvalue weighted by Gasteiger charge is 2.05. The maximum absolute atomic E-state index is 11.8. The molecule has 1 aromatic heterocycles. The largest absolute Gasteiger partial charge is 0.497 e. The maximum Gasteiger partial charge on any atom is 0.222 e. The van der Waals surface area contributed by atoms with Gasteiger partial charge in [-0.2, -0.15) is 0 Å². The number of amides is 1. The van der Waals surface area contributed by atoms with E-state index in [1.165, 1.54) is 0 Å². The number of methoxy groups -OCH3 is 1. The molecule has 1 aromatic carbocycles. The molecule has 1 amide bonds. The van der Waals surface area contributed by atoms with Gasteiger partial charge in [0.25, 0.3) is 0 Å². The van der Waals surface area contributed by atoms with E-state index in [4.69, 9.17) is 14.2 Å². The van der Waals surface area contributed by atoms with Gasteiger partial charge >= 0.3 is 0 Å². The zero-order chi connectivity index (χ0) is 18.1. The maximum atomic E-state index is 11.8. The summed E-state index contributed by atoms with van der Waals surface area (Å²) in [7, 11) is 1.62. The molecular weight excluding hydrogens is 320 g/mol. The van der Waals surface area contributed by atoms with Crippen LogP contribution in [0.25, 0.3) is 0 Å². The third kappa shape index (κ3) is 6.81. The van der Waals surface area contributed by atoms with E-state index in [1.807, 2.05) is 44.2 Å². The Balaban J connectivity index is 1.84. The first kappa shape index (κ1) is 18.7. The van der Waals surface area contributed by atoms with Gasteiger partial charge in [-0.25, -0.2) is 4.98 Å². The van der Waals surface area contributed by atoms with E-state index in [9.17, 15) is 4.79 Å². The van der Waals surface area contributed by atoms with Crippen LogP contribution in [0.3, 0.4) is 0 Å². The highest BCUT2D eigenvalue weighted by Crippen LogP contribution is 2.22. The molecule has 0 aliphatic heterocycles. The number of pyridine rings is 1. The van der Waals surface area contributed by atoms with Crippen molar-refractivity contribution >= 4 is 5.91 Å². The zero-order valence-corrected chi connectivity index (χ0v) is 14.8. The second kappa shape index (κ2) is 9.64. The fourth-order valence-corrected chi connectivity index (χ4v) is 2.06. The summed E-state index contributed by atoms with van der Waals surface area (Å²) in [5, 5.41) is 2.86. The SMILES string of the molecule is COc1ccc(Oc2cc(CNC(=O)CCOC(C)C)ccn2)cc1. The van der Waals surface area contributed by atoms with Gasteiger partial charge < -0.3 is 19.5 Å². The molecule has 134 valence electrons. The number of benzene rings is 1. The normalized spacial score (nSPS) is 10.6. The standard InChI is InChI=1S/C19H24N2O4/c1-14(2)24-11-9-18(22)21-13-15-8-10-20-19(12-15)25-17-6-4-16(23-3)5-7-17/h4-8,10,12,14H,9,11,13H2,1-3H3,(H,21,22). The molecule has 25 heavy (non-hydrogen) atoms. The number of hydrogen-bond acceptors (Lipinski definition) is 5. The first-order chi connectivity index (χ1) is 12.1. The molecule has 0 radical (unpaired) electrons. The Kier molecular flexibility index (Phi) is 7.22. The third-order valence-electron chi connectivity index (χ3n) is 3.35. The van der Waals surface area contributed by atoms with Crippen LogP contribution < -0.4 is 14.8 Å². The first-order valence-corrected chi connectivity index (χ1v) is 8.22. The van der Waals surface area contributed by atoms with Gasteiger partial charge in [-0.05, 0) is 49.7 Å². The molecule has 0 unspecified atom stereocenters. The Morgan fingerprint density at radius 3 is 2.56 bits per heavy atom. The minimum Gasteiger partial charge on any atom is -0.497 e. The molecule has 2 aromatic rings. The zero-order valence-electron chi connectivity index (χ0n) is 14.8. The minimum absolute atomic E-state index is 0.0462. The second-order valence-electron chi connectivity index (χ2n) is 5.73. The molecule has 1 N–H and O–H groups in total. The fourth-order valence-electron chi connectivity index (χ4n) is 2.06. The smallest absolute Gasteiger partial charge is 0.222 e. The predicted octanol–water partition coefficient (Wildman–Crippen LogP) is 3.31. The number of nitrogens with one attached hydrogen (secondary N) is 1. The number of ether oxygens (including phenoxy) is 3. The highest BCUT2D eigenvalue weighted by atomic mass is 16.5. The summed E-state index contributed by atoms with van der Waals surface area (Å²) in [6.07, 6.45) is 2.13. The van der Waals surface area contributed by atoms with Gasteiger partial charge in [0, 0.05) is 25.2 Å². The quantitative estimate of drug-likeness (QED) is 0.756. The van der Waals surface area contributed by atoms with Crippen molar-refractivity contribution in [3.8, 4) is 17.4 Å². The van der Waals surface area contributed by atoms with Crippen molar-refractivity contribution in [2.75, 3.05) is 13.7 Å². The third-order valence-corrected chi connectivity index (χ3v) is 3.35. The van der Waals surface area contributed by atoms with Gasteiger partial charge in [-0.3, -0.25) is 4.79 Å². The van der Waals surface area contributed by atoms with Crippen molar-refractivity contribution < 1.29 is 19.0 Å². The van der Waals surface area contributed by atoms with Gasteiger partial charge in [0.05, 0.1) is 19.8 Å². The van der Waals surface area contributed by atoms with Crippen molar-refractivity contribution in [3.05, 3.63) is 48.2 Å². The van der Waals surface area contributed by atoms with Gasteiger partial charge in [0.2, 0.25) is 11.8 Å². The molecule has 0 saturated heterocycles. The topological polar surface area (TPSA) is 69.7 Å². The Bertz CT molecular complexity index is 671. The molecule has 2 rings (SSSR count). The fraction of sp³-hybridized carbons (Fsp3) is 0.368. The molecule has 6 nitrogen and oxygen atoms in total. The predicted molar refractivity (Wildman–Crippen MR) is 94.9 cm³/mol. The summed E-state index contributed by atoms with van der Waals surface area (Å²) >= 11 is 0. The van der Waals surface area contributed by atoms with Crippen molar-refractivity contribution in [1.29, 1.82) is 0 Å². The lowest BCUT2D eigenvalue weighted by atomic mass is 10.2. The van der Waals surface area contributed by atoms with Crippen LogP contribution in [-0.4, -0.2) is 30.7 Å². The Labute approximate surface area is 148 Å². The lowest BCUT2D eigenvalue weighted by Crippen LogP contribution is -2.24. The second-order valence-corrected chi connectivity index (χ2v) is 5.73. The van der Waals surface area contributed by atoms with Crippen molar-refractivity contribution in [3.63, 3.8) is 0 Å². The molecule has 1 heterocycles. The number of carbonyl (C=O) groups excluding carboxylic acids is 1. The Morgan fingerprint density at radius 1 is 1.16 bits per heavy atom. The van der Waals surface area contributed by atoms with Crippen LogP contribution in [0.15, 0.2) is 42.6 Å². The van der Waals surface area contributed by atoms with Crippen LogP contribution >= 0.6 is 0 Å². The number of hydrogen-bond donors (Lipinski definition) is 1. The molecule has 0 atom stereocenters. The average molecular weight is 344 g/mol. The molecule has 6 heteroatoms. The van der Waals surface area contributed by atoms with Crippen LogP contribution in [0.5, 0.6) is 17.4 Å². The summed E-state index contributed by atoms with van der Waals surface area (Å²) in [4.78, 5) is 16.0. The van der Waals surface area contributed by atoms with E-state index in [2.05, 4.69) is 10.3 Å². The lowest BCUT2D eigenvalue weighted by molar-refractivity contribution is -0.122. The van der Waals surface area contributed by atoms with Crippen molar-refractivity contribution in [1.82, 2.24) is 10.3 Å². The number of aromatic nitrogens is 1. The van der Waals surface area contributed by atoms with E-state index in [1.54, 1.807) is 19.4 Å². The van der Waals surface area contributed by atoms with Crippen LogP contribution in [-0.2, 0) is 16.1 Å². The number of rotatable bonds is 9. The average Bonchev–Trinajstić information content (AvgIpc) is 2.61. The molecule has 0 fully saturated rings. The van der Waals surface area contributed by atoms with Gasteiger partial charge in [0.15, 0.2) is 0 Å².